The maximum Gasteiger partial charge on any atom is 0.0645 e. The quantitative estimate of drug-likeness (QED) is 0.778. The van der Waals surface area contributed by atoms with Crippen LogP contribution in [0.2, 0.25) is 0 Å². The maximum atomic E-state index is 4.23. The first-order valence-electron chi connectivity index (χ1n) is 7.12. The molecule has 3 rings (SSSR count). The molecule has 3 heteroatoms. The summed E-state index contributed by atoms with van der Waals surface area (Å²) >= 11 is 0. The molecular formula is C18H19N3. The highest BCUT2D eigenvalue weighted by molar-refractivity contribution is 5.49. The molecule has 0 aliphatic heterocycles. The Morgan fingerprint density at radius 2 is 1.71 bits per heavy atom. The van der Waals surface area contributed by atoms with Gasteiger partial charge in [-0.3, -0.25) is 0 Å². The van der Waals surface area contributed by atoms with E-state index in [9.17, 15) is 0 Å². The molecule has 0 radical (unpaired) electrons. The lowest BCUT2D eigenvalue weighted by Gasteiger charge is -2.09. The van der Waals surface area contributed by atoms with Gasteiger partial charge in [0.15, 0.2) is 0 Å². The Bertz CT molecular complexity index is 692. The number of anilines is 1. The van der Waals surface area contributed by atoms with Crippen LogP contribution in [0.15, 0.2) is 60.9 Å². The fourth-order valence-corrected chi connectivity index (χ4v) is 2.47. The summed E-state index contributed by atoms with van der Waals surface area (Å²) in [6.07, 6.45) is 3.73. The average molecular weight is 277 g/mol. The zero-order chi connectivity index (χ0) is 14.7. The minimum Gasteiger partial charge on any atom is -0.381 e. The summed E-state index contributed by atoms with van der Waals surface area (Å²) in [7, 11) is 0. The number of aryl methyl sites for hydroxylation is 2. The Balaban J connectivity index is 1.68. The van der Waals surface area contributed by atoms with E-state index in [2.05, 4.69) is 66.7 Å². The van der Waals surface area contributed by atoms with Crippen LogP contribution < -0.4 is 5.32 Å². The van der Waals surface area contributed by atoms with Crippen molar-refractivity contribution >= 4 is 5.69 Å². The largest absolute Gasteiger partial charge is 0.381 e. The Kier molecular flexibility index (Phi) is 3.73. The van der Waals surface area contributed by atoms with E-state index in [4.69, 9.17) is 0 Å². The second-order valence-electron chi connectivity index (χ2n) is 5.35. The van der Waals surface area contributed by atoms with Crippen molar-refractivity contribution in [3.8, 4) is 5.69 Å². The fourth-order valence-electron chi connectivity index (χ4n) is 2.47. The number of nitrogens with zero attached hydrogens (tertiary/aromatic N) is 2. The Labute approximate surface area is 125 Å². The molecule has 1 aromatic heterocycles. The second kappa shape index (κ2) is 5.83. The van der Waals surface area contributed by atoms with Gasteiger partial charge in [-0.15, -0.1) is 0 Å². The van der Waals surface area contributed by atoms with Crippen molar-refractivity contribution in [1.82, 2.24) is 9.78 Å². The van der Waals surface area contributed by atoms with Crippen molar-refractivity contribution in [1.29, 1.82) is 0 Å². The molecule has 1 N–H and O–H groups in total. The number of rotatable bonds is 4. The van der Waals surface area contributed by atoms with E-state index in [0.29, 0.717) is 0 Å². The molecule has 21 heavy (non-hydrogen) atoms. The van der Waals surface area contributed by atoms with E-state index in [1.807, 2.05) is 16.9 Å². The van der Waals surface area contributed by atoms with Crippen LogP contribution in [0.4, 0.5) is 5.69 Å². The highest BCUT2D eigenvalue weighted by Gasteiger charge is 1.99. The topological polar surface area (TPSA) is 29.9 Å². The van der Waals surface area contributed by atoms with Crippen LogP contribution in [0.3, 0.4) is 0 Å². The predicted molar refractivity (Wildman–Crippen MR) is 86.8 cm³/mol. The van der Waals surface area contributed by atoms with Crippen LogP contribution in [-0.2, 0) is 6.54 Å². The highest BCUT2D eigenvalue weighted by atomic mass is 15.3. The van der Waals surface area contributed by atoms with Crippen molar-refractivity contribution in [2.45, 2.75) is 20.4 Å². The van der Waals surface area contributed by atoms with Crippen molar-refractivity contribution < 1.29 is 0 Å². The summed E-state index contributed by atoms with van der Waals surface area (Å²) in [4.78, 5) is 0. The molecule has 0 atom stereocenters. The summed E-state index contributed by atoms with van der Waals surface area (Å²) in [5.41, 5.74) is 6.07. The number of benzene rings is 2. The maximum absolute atomic E-state index is 4.23. The summed E-state index contributed by atoms with van der Waals surface area (Å²) in [6, 6.07) is 16.9. The first-order valence-corrected chi connectivity index (χ1v) is 7.12. The number of nitrogens with one attached hydrogen (secondary N) is 1. The summed E-state index contributed by atoms with van der Waals surface area (Å²) in [5, 5.41) is 7.70. The van der Waals surface area contributed by atoms with Gasteiger partial charge < -0.3 is 5.32 Å². The summed E-state index contributed by atoms with van der Waals surface area (Å²) in [6.45, 7) is 5.07. The smallest absolute Gasteiger partial charge is 0.0645 e. The van der Waals surface area contributed by atoms with E-state index >= 15 is 0 Å². The standard InChI is InChI=1S/C18H19N3/c1-14-10-15(2)12-17(11-14)19-13-16-4-6-18(7-5-16)21-9-3-8-20-21/h3-12,19H,13H2,1-2H3. The SMILES string of the molecule is Cc1cc(C)cc(NCc2ccc(-n3cccn3)cc2)c1. The van der Waals surface area contributed by atoms with Gasteiger partial charge in [0.1, 0.15) is 0 Å². The van der Waals surface area contributed by atoms with E-state index in [0.717, 1.165) is 12.2 Å². The van der Waals surface area contributed by atoms with Crippen LogP contribution in [0.1, 0.15) is 16.7 Å². The first kappa shape index (κ1) is 13.4. The van der Waals surface area contributed by atoms with Gasteiger partial charge in [-0.25, -0.2) is 4.68 Å². The lowest BCUT2D eigenvalue weighted by atomic mass is 10.1. The molecule has 0 unspecified atom stereocenters. The van der Waals surface area contributed by atoms with Crippen LogP contribution in [0.25, 0.3) is 5.69 Å². The minimum absolute atomic E-state index is 0.822. The molecule has 2 aromatic carbocycles. The van der Waals surface area contributed by atoms with Crippen LogP contribution >= 0.6 is 0 Å². The van der Waals surface area contributed by atoms with Gasteiger partial charge in [-0.2, -0.15) is 5.10 Å². The molecule has 0 bridgehead atoms. The third-order valence-electron chi connectivity index (χ3n) is 3.42. The lowest BCUT2D eigenvalue weighted by molar-refractivity contribution is 0.879. The zero-order valence-corrected chi connectivity index (χ0v) is 12.4. The Morgan fingerprint density at radius 3 is 2.33 bits per heavy atom. The van der Waals surface area contributed by atoms with Crippen LogP contribution in [0, 0.1) is 13.8 Å². The molecule has 0 fully saturated rings. The Morgan fingerprint density at radius 1 is 1.00 bits per heavy atom. The molecule has 106 valence electrons. The van der Waals surface area contributed by atoms with E-state index < -0.39 is 0 Å². The van der Waals surface area contributed by atoms with E-state index in [1.54, 1.807) is 6.20 Å². The van der Waals surface area contributed by atoms with E-state index in [1.165, 1.54) is 22.4 Å². The van der Waals surface area contributed by atoms with E-state index in [-0.39, 0.29) is 0 Å². The molecular weight excluding hydrogens is 258 g/mol. The van der Waals surface area contributed by atoms with Gasteiger partial charge in [-0.1, -0.05) is 18.2 Å². The number of hydrogen-bond acceptors (Lipinski definition) is 2. The molecule has 0 saturated carbocycles. The minimum atomic E-state index is 0.822. The third-order valence-corrected chi connectivity index (χ3v) is 3.42. The van der Waals surface area contributed by atoms with Gasteiger partial charge in [-0.05, 0) is 60.9 Å². The van der Waals surface area contributed by atoms with Crippen molar-refractivity contribution in [3.05, 3.63) is 77.6 Å². The van der Waals surface area contributed by atoms with Gasteiger partial charge in [0.2, 0.25) is 0 Å². The highest BCUT2D eigenvalue weighted by Crippen LogP contribution is 2.15. The molecule has 0 aliphatic carbocycles. The second-order valence-corrected chi connectivity index (χ2v) is 5.35. The normalized spacial score (nSPS) is 10.6. The molecule has 0 spiro atoms. The van der Waals surface area contributed by atoms with Crippen LogP contribution in [0.5, 0.6) is 0 Å². The third kappa shape index (κ3) is 3.31. The number of aromatic nitrogens is 2. The monoisotopic (exact) mass is 277 g/mol. The van der Waals surface area contributed by atoms with Gasteiger partial charge >= 0.3 is 0 Å². The summed E-state index contributed by atoms with van der Waals surface area (Å²) in [5.74, 6) is 0. The van der Waals surface area contributed by atoms with Gasteiger partial charge in [0.05, 0.1) is 5.69 Å². The zero-order valence-electron chi connectivity index (χ0n) is 12.4. The van der Waals surface area contributed by atoms with Crippen molar-refractivity contribution in [3.63, 3.8) is 0 Å². The average Bonchev–Trinajstić information content (AvgIpc) is 2.99. The molecule has 3 aromatic rings. The van der Waals surface area contributed by atoms with Gasteiger partial charge in [0.25, 0.3) is 0 Å². The van der Waals surface area contributed by atoms with Crippen molar-refractivity contribution in [2.24, 2.45) is 0 Å². The lowest BCUT2D eigenvalue weighted by Crippen LogP contribution is -2.01. The first-order chi connectivity index (χ1) is 10.2. The fraction of sp³-hybridized carbons (Fsp3) is 0.167. The molecule has 0 amide bonds. The van der Waals surface area contributed by atoms with Gasteiger partial charge in [0, 0.05) is 24.6 Å². The van der Waals surface area contributed by atoms with Crippen LogP contribution in [-0.4, -0.2) is 9.78 Å². The molecule has 0 aliphatic rings. The Hall–Kier alpha value is -2.55. The molecule has 1 heterocycles. The predicted octanol–water partition coefficient (Wildman–Crippen LogP) is 4.10. The summed E-state index contributed by atoms with van der Waals surface area (Å²) < 4.78 is 1.86. The van der Waals surface area contributed by atoms with Crippen molar-refractivity contribution in [2.75, 3.05) is 5.32 Å². The molecule has 0 saturated heterocycles. The number of hydrogen-bond donors (Lipinski definition) is 1. The molecule has 3 nitrogen and oxygen atoms in total.